The van der Waals surface area contributed by atoms with Gasteiger partial charge in [0, 0.05) is 5.92 Å². The van der Waals surface area contributed by atoms with Gasteiger partial charge in [-0.25, -0.2) is 4.79 Å². The van der Waals surface area contributed by atoms with Crippen LogP contribution in [0.15, 0.2) is 102 Å². The number of benzene rings is 4. The van der Waals surface area contributed by atoms with Crippen LogP contribution in [-0.2, 0) is 34.7 Å². The molecule has 0 bridgehead atoms. The van der Waals surface area contributed by atoms with Crippen LogP contribution in [0.3, 0.4) is 0 Å². The van der Waals surface area contributed by atoms with Gasteiger partial charge in [-0.05, 0) is 65.9 Å². The standard InChI is InChI=1S/C33H31NO7S/c1-3-39-31(35)20-33(34,23-14-16-24(17-15-23)41-42(37,38)25-18-12-22(2)13-19-25)32(36)40-21-30-28-10-6-4-8-26(28)27-9-5-7-11-29(27)30/h4-19,30H,3,20-21,34H2,1-2H3. The maximum Gasteiger partial charge on any atom is 0.339 e. The molecule has 1 atom stereocenters. The second-order valence-corrected chi connectivity index (χ2v) is 11.7. The summed E-state index contributed by atoms with van der Waals surface area (Å²) >= 11 is 0. The maximum atomic E-state index is 13.6. The van der Waals surface area contributed by atoms with Gasteiger partial charge in [-0.2, -0.15) is 8.42 Å². The van der Waals surface area contributed by atoms with Crippen molar-refractivity contribution in [3.8, 4) is 16.9 Å². The molecule has 0 saturated heterocycles. The lowest BCUT2D eigenvalue weighted by atomic mass is 9.87. The first-order valence-corrected chi connectivity index (χ1v) is 14.9. The molecular formula is C33H31NO7S. The van der Waals surface area contributed by atoms with Crippen molar-refractivity contribution in [1.82, 2.24) is 0 Å². The molecule has 0 aromatic heterocycles. The Hall–Kier alpha value is -4.47. The Morgan fingerprint density at radius 3 is 1.95 bits per heavy atom. The summed E-state index contributed by atoms with van der Waals surface area (Å²) in [7, 11) is -4.09. The minimum atomic E-state index is -4.09. The molecule has 0 saturated carbocycles. The zero-order valence-corrected chi connectivity index (χ0v) is 24.1. The molecule has 4 aromatic carbocycles. The zero-order chi connectivity index (χ0) is 29.9. The first-order valence-electron chi connectivity index (χ1n) is 13.5. The smallest absolute Gasteiger partial charge is 0.339 e. The van der Waals surface area contributed by atoms with Crippen LogP contribution in [0.1, 0.15) is 41.5 Å². The number of carbonyl (C=O) groups excluding carboxylic acids is 2. The molecule has 1 aliphatic rings. The molecule has 42 heavy (non-hydrogen) atoms. The summed E-state index contributed by atoms with van der Waals surface area (Å²) in [5.74, 6) is -1.66. The van der Waals surface area contributed by atoms with E-state index in [1.54, 1.807) is 19.1 Å². The average Bonchev–Trinajstić information content (AvgIpc) is 3.30. The van der Waals surface area contributed by atoms with Gasteiger partial charge in [0.1, 0.15) is 17.3 Å². The van der Waals surface area contributed by atoms with E-state index < -0.39 is 34.0 Å². The monoisotopic (exact) mass is 585 g/mol. The molecule has 0 fully saturated rings. The largest absolute Gasteiger partial charge is 0.466 e. The van der Waals surface area contributed by atoms with Crippen LogP contribution in [0, 0.1) is 6.92 Å². The van der Waals surface area contributed by atoms with Gasteiger partial charge in [0.15, 0.2) is 5.54 Å². The van der Waals surface area contributed by atoms with Crippen LogP contribution < -0.4 is 9.92 Å². The zero-order valence-electron chi connectivity index (χ0n) is 23.3. The Kier molecular flexibility index (Phi) is 8.15. The van der Waals surface area contributed by atoms with E-state index in [1.165, 1.54) is 36.4 Å². The van der Waals surface area contributed by atoms with Gasteiger partial charge in [-0.15, -0.1) is 0 Å². The number of rotatable bonds is 10. The highest BCUT2D eigenvalue weighted by atomic mass is 32.2. The SMILES string of the molecule is CCOC(=O)CC(N)(C(=O)OCC1c2ccccc2-c2ccccc21)c1ccc(OS(=O)(=O)c2ccc(C)cc2)cc1. The molecule has 0 heterocycles. The molecule has 4 aromatic rings. The minimum absolute atomic E-state index is 0.00583. The van der Waals surface area contributed by atoms with Crippen LogP contribution in [-0.4, -0.2) is 33.6 Å². The van der Waals surface area contributed by atoms with E-state index in [0.29, 0.717) is 0 Å². The van der Waals surface area contributed by atoms with Crippen molar-refractivity contribution in [2.24, 2.45) is 5.73 Å². The van der Waals surface area contributed by atoms with E-state index in [1.807, 2.05) is 55.5 Å². The first kappa shape index (κ1) is 29.0. The average molecular weight is 586 g/mol. The molecule has 216 valence electrons. The Balaban J connectivity index is 1.38. The molecule has 0 radical (unpaired) electrons. The van der Waals surface area contributed by atoms with Crippen molar-refractivity contribution in [3.05, 3.63) is 119 Å². The third kappa shape index (κ3) is 5.79. The molecular weight excluding hydrogens is 554 g/mol. The van der Waals surface area contributed by atoms with Gasteiger partial charge in [0.2, 0.25) is 0 Å². The lowest BCUT2D eigenvalue weighted by Gasteiger charge is -2.28. The summed E-state index contributed by atoms with van der Waals surface area (Å²) in [5.41, 5.74) is 10.1. The first-order chi connectivity index (χ1) is 20.1. The van der Waals surface area contributed by atoms with Crippen molar-refractivity contribution in [2.45, 2.75) is 36.6 Å². The Morgan fingerprint density at radius 2 is 1.38 bits per heavy atom. The molecule has 8 nitrogen and oxygen atoms in total. The third-order valence-corrected chi connectivity index (χ3v) is 8.58. The van der Waals surface area contributed by atoms with E-state index in [0.717, 1.165) is 27.8 Å². The van der Waals surface area contributed by atoms with Crippen molar-refractivity contribution in [2.75, 3.05) is 13.2 Å². The van der Waals surface area contributed by atoms with Crippen molar-refractivity contribution in [1.29, 1.82) is 0 Å². The predicted molar refractivity (Wildman–Crippen MR) is 157 cm³/mol. The lowest BCUT2D eigenvalue weighted by Crippen LogP contribution is -2.48. The highest BCUT2D eigenvalue weighted by Gasteiger charge is 2.42. The molecule has 0 spiro atoms. The number of carbonyl (C=O) groups is 2. The summed E-state index contributed by atoms with van der Waals surface area (Å²) < 4.78 is 41.6. The van der Waals surface area contributed by atoms with Crippen LogP contribution in [0.25, 0.3) is 11.1 Å². The van der Waals surface area contributed by atoms with Gasteiger partial charge < -0.3 is 19.4 Å². The number of esters is 2. The fourth-order valence-corrected chi connectivity index (χ4v) is 6.08. The molecule has 0 aliphatic heterocycles. The second kappa shape index (κ2) is 11.8. The molecule has 9 heteroatoms. The Labute approximate surface area is 245 Å². The third-order valence-electron chi connectivity index (χ3n) is 7.32. The van der Waals surface area contributed by atoms with E-state index in [-0.39, 0.29) is 35.3 Å². The van der Waals surface area contributed by atoms with Crippen molar-refractivity contribution in [3.63, 3.8) is 0 Å². The number of ether oxygens (including phenoxy) is 2. The van der Waals surface area contributed by atoms with E-state index in [2.05, 4.69) is 0 Å². The summed E-state index contributed by atoms with van der Waals surface area (Å²) in [6.45, 7) is 3.64. The Morgan fingerprint density at radius 1 is 0.810 bits per heavy atom. The van der Waals surface area contributed by atoms with Crippen LogP contribution in [0.5, 0.6) is 5.75 Å². The summed E-state index contributed by atoms with van der Waals surface area (Å²) in [6, 6.07) is 27.8. The van der Waals surface area contributed by atoms with Crippen molar-refractivity contribution < 1.29 is 31.7 Å². The normalized spacial score (nSPS) is 13.9. The van der Waals surface area contributed by atoms with Gasteiger partial charge >= 0.3 is 22.1 Å². The van der Waals surface area contributed by atoms with Crippen LogP contribution in [0.4, 0.5) is 0 Å². The summed E-state index contributed by atoms with van der Waals surface area (Å²) in [6.07, 6.45) is -0.473. The van der Waals surface area contributed by atoms with Gasteiger partial charge in [0.05, 0.1) is 13.0 Å². The maximum absolute atomic E-state index is 13.6. The van der Waals surface area contributed by atoms with E-state index in [4.69, 9.17) is 19.4 Å². The molecule has 1 unspecified atom stereocenters. The Bertz CT molecular complexity index is 1670. The predicted octanol–water partition coefficient (Wildman–Crippen LogP) is 5.23. The van der Waals surface area contributed by atoms with Gasteiger partial charge in [0.25, 0.3) is 0 Å². The van der Waals surface area contributed by atoms with Gasteiger partial charge in [-0.3, -0.25) is 4.79 Å². The number of nitrogens with two attached hydrogens (primary N) is 1. The number of aryl methyl sites for hydroxylation is 1. The van der Waals surface area contributed by atoms with Crippen LogP contribution in [0.2, 0.25) is 0 Å². The van der Waals surface area contributed by atoms with Gasteiger partial charge in [-0.1, -0.05) is 78.4 Å². The number of hydrogen-bond acceptors (Lipinski definition) is 8. The van der Waals surface area contributed by atoms with Crippen LogP contribution >= 0.6 is 0 Å². The number of hydrogen-bond donors (Lipinski definition) is 1. The highest BCUT2D eigenvalue weighted by Crippen LogP contribution is 2.44. The van der Waals surface area contributed by atoms with Crippen molar-refractivity contribution >= 4 is 22.1 Å². The fourth-order valence-electron chi connectivity index (χ4n) is 5.15. The second-order valence-electron chi connectivity index (χ2n) is 10.2. The lowest BCUT2D eigenvalue weighted by molar-refractivity contribution is -0.157. The molecule has 5 rings (SSSR count). The quantitative estimate of drug-likeness (QED) is 0.198. The summed E-state index contributed by atoms with van der Waals surface area (Å²) in [5, 5.41) is 0. The van der Waals surface area contributed by atoms with E-state index in [9.17, 15) is 18.0 Å². The van der Waals surface area contributed by atoms with E-state index >= 15 is 0 Å². The molecule has 2 N–H and O–H groups in total. The molecule has 0 amide bonds. The number of fused-ring (bicyclic) bond motifs is 3. The summed E-state index contributed by atoms with van der Waals surface area (Å²) in [4.78, 5) is 26.2. The minimum Gasteiger partial charge on any atom is -0.466 e. The highest BCUT2D eigenvalue weighted by molar-refractivity contribution is 7.87. The molecule has 1 aliphatic carbocycles. The fraction of sp³-hybridized carbons (Fsp3) is 0.212. The topological polar surface area (TPSA) is 122 Å².